The zero-order valence-corrected chi connectivity index (χ0v) is 14.7. The van der Waals surface area contributed by atoms with Crippen molar-refractivity contribution in [1.29, 1.82) is 0 Å². The maximum Gasteiger partial charge on any atom is 0.309 e. The van der Waals surface area contributed by atoms with E-state index in [-0.39, 0.29) is 22.8 Å². The molecule has 2 rings (SSSR count). The second-order valence-electron chi connectivity index (χ2n) is 6.14. The van der Waals surface area contributed by atoms with E-state index < -0.39 is 22.0 Å². The van der Waals surface area contributed by atoms with Crippen molar-refractivity contribution in [3.8, 4) is 0 Å². The largest absolute Gasteiger partial charge is 0.452 e. The van der Waals surface area contributed by atoms with Gasteiger partial charge in [0.15, 0.2) is 6.10 Å². The molecule has 1 aliphatic carbocycles. The summed E-state index contributed by atoms with van der Waals surface area (Å²) in [5, 5.41) is 2.59. The van der Waals surface area contributed by atoms with Crippen LogP contribution in [0.2, 0.25) is 0 Å². The molecule has 1 aromatic carbocycles. The Morgan fingerprint density at radius 3 is 2.21 bits per heavy atom. The second-order valence-corrected chi connectivity index (χ2v) is 7.86. The van der Waals surface area contributed by atoms with Gasteiger partial charge in [-0.3, -0.25) is 9.59 Å². The fraction of sp³-hybridized carbons (Fsp3) is 0.500. The number of hydrogen-bond donors (Lipinski definition) is 2. The Kier molecular flexibility index (Phi) is 5.61. The van der Waals surface area contributed by atoms with Crippen molar-refractivity contribution >= 4 is 27.6 Å². The number of rotatable bonds is 7. The quantitative estimate of drug-likeness (QED) is 0.725. The number of benzene rings is 1. The van der Waals surface area contributed by atoms with Crippen LogP contribution in [0.4, 0.5) is 5.69 Å². The van der Waals surface area contributed by atoms with Gasteiger partial charge in [0.25, 0.3) is 5.91 Å². The lowest BCUT2D eigenvalue weighted by atomic mass is 10.3. The third-order valence-electron chi connectivity index (χ3n) is 3.40. The van der Waals surface area contributed by atoms with Gasteiger partial charge >= 0.3 is 5.97 Å². The molecular weight excluding hydrogens is 332 g/mol. The minimum absolute atomic E-state index is 0.0711. The van der Waals surface area contributed by atoms with Gasteiger partial charge < -0.3 is 10.1 Å². The Balaban J connectivity index is 1.95. The molecule has 0 heterocycles. The number of nitrogens with one attached hydrogen (secondary N) is 2. The van der Waals surface area contributed by atoms with Crippen molar-refractivity contribution in [3.63, 3.8) is 0 Å². The van der Waals surface area contributed by atoms with Crippen LogP contribution in [0, 0.1) is 5.92 Å². The predicted octanol–water partition coefficient (Wildman–Crippen LogP) is 1.65. The van der Waals surface area contributed by atoms with Gasteiger partial charge in [0.1, 0.15) is 0 Å². The summed E-state index contributed by atoms with van der Waals surface area (Å²) in [5.74, 6) is -0.878. The molecule has 7 nitrogen and oxygen atoms in total. The van der Waals surface area contributed by atoms with Gasteiger partial charge in [0.05, 0.1) is 10.8 Å². The fourth-order valence-corrected chi connectivity index (χ4v) is 3.23. The Hall–Kier alpha value is -1.93. The van der Waals surface area contributed by atoms with Crippen LogP contribution >= 0.6 is 0 Å². The molecule has 1 aromatic rings. The zero-order chi connectivity index (χ0) is 17.9. The van der Waals surface area contributed by atoms with Crippen LogP contribution in [0.5, 0.6) is 0 Å². The first-order valence-electron chi connectivity index (χ1n) is 7.83. The van der Waals surface area contributed by atoms with Gasteiger partial charge in [-0.25, -0.2) is 13.1 Å². The van der Waals surface area contributed by atoms with Gasteiger partial charge in [-0.05, 0) is 57.9 Å². The van der Waals surface area contributed by atoms with E-state index in [9.17, 15) is 18.0 Å². The first kappa shape index (κ1) is 18.4. The molecule has 0 aromatic heterocycles. The minimum atomic E-state index is -3.57. The minimum Gasteiger partial charge on any atom is -0.452 e. The molecular formula is C16H22N2O5S. The number of sulfonamides is 1. The van der Waals surface area contributed by atoms with Gasteiger partial charge in [-0.15, -0.1) is 0 Å². The predicted molar refractivity (Wildman–Crippen MR) is 88.8 cm³/mol. The Bertz CT molecular complexity index is 708. The molecule has 0 unspecified atom stereocenters. The molecule has 0 spiro atoms. The molecule has 24 heavy (non-hydrogen) atoms. The summed E-state index contributed by atoms with van der Waals surface area (Å²) < 4.78 is 31.6. The number of ether oxygens (including phenoxy) is 1. The highest BCUT2D eigenvalue weighted by molar-refractivity contribution is 7.89. The van der Waals surface area contributed by atoms with Crippen molar-refractivity contribution in [1.82, 2.24) is 4.72 Å². The van der Waals surface area contributed by atoms with Crippen molar-refractivity contribution < 1.29 is 22.7 Å². The van der Waals surface area contributed by atoms with E-state index in [0.29, 0.717) is 5.69 Å². The molecule has 1 fully saturated rings. The van der Waals surface area contributed by atoms with E-state index in [1.54, 1.807) is 13.8 Å². The zero-order valence-electron chi connectivity index (χ0n) is 13.9. The lowest BCUT2D eigenvalue weighted by Crippen LogP contribution is -2.31. The van der Waals surface area contributed by atoms with E-state index in [0.717, 1.165) is 12.8 Å². The van der Waals surface area contributed by atoms with Gasteiger partial charge in [-0.2, -0.15) is 0 Å². The standard InChI is InChI=1S/C16H22N2O5S/c1-10(2)18-24(21,22)14-8-6-13(7-9-14)17-15(19)11(3)23-16(20)12-4-5-12/h6-12,18H,4-5H2,1-3H3,(H,17,19)/t11-/m0/s1. The molecule has 0 radical (unpaired) electrons. The maximum absolute atomic E-state index is 12.0. The highest BCUT2D eigenvalue weighted by Crippen LogP contribution is 2.30. The highest BCUT2D eigenvalue weighted by Gasteiger charge is 2.33. The van der Waals surface area contributed by atoms with E-state index in [4.69, 9.17) is 4.74 Å². The maximum atomic E-state index is 12.0. The number of hydrogen-bond acceptors (Lipinski definition) is 5. The number of amides is 1. The van der Waals surface area contributed by atoms with Crippen LogP contribution in [0.1, 0.15) is 33.6 Å². The molecule has 8 heteroatoms. The average molecular weight is 354 g/mol. The summed E-state index contributed by atoms with van der Waals surface area (Å²) in [6.07, 6.45) is 0.727. The summed E-state index contributed by atoms with van der Waals surface area (Å²) in [6, 6.07) is 5.57. The number of esters is 1. The highest BCUT2D eigenvalue weighted by atomic mass is 32.2. The molecule has 1 amide bonds. The second kappa shape index (κ2) is 7.31. The average Bonchev–Trinajstić information content (AvgIpc) is 3.31. The molecule has 132 valence electrons. The lowest BCUT2D eigenvalue weighted by molar-refractivity contribution is -0.154. The normalized spacial score (nSPS) is 15.8. The first-order valence-corrected chi connectivity index (χ1v) is 9.31. The molecule has 1 saturated carbocycles. The van der Waals surface area contributed by atoms with Crippen molar-refractivity contribution in [2.75, 3.05) is 5.32 Å². The van der Waals surface area contributed by atoms with Crippen molar-refractivity contribution in [3.05, 3.63) is 24.3 Å². The molecule has 0 saturated heterocycles. The number of carbonyl (C=O) groups excluding carboxylic acids is 2. The Morgan fingerprint density at radius 2 is 1.71 bits per heavy atom. The number of carbonyl (C=O) groups is 2. The summed E-state index contributed by atoms with van der Waals surface area (Å²) >= 11 is 0. The lowest BCUT2D eigenvalue weighted by Gasteiger charge is -2.14. The Morgan fingerprint density at radius 1 is 1.12 bits per heavy atom. The van der Waals surface area contributed by atoms with E-state index in [1.807, 2.05) is 0 Å². The van der Waals surface area contributed by atoms with Gasteiger partial charge in [0.2, 0.25) is 10.0 Å². The van der Waals surface area contributed by atoms with Gasteiger partial charge in [0, 0.05) is 11.7 Å². The molecule has 1 aliphatic rings. The number of anilines is 1. The van der Waals surface area contributed by atoms with Crippen LogP contribution in [0.3, 0.4) is 0 Å². The summed E-state index contributed by atoms with van der Waals surface area (Å²) in [6.45, 7) is 4.97. The molecule has 0 bridgehead atoms. The monoisotopic (exact) mass is 354 g/mol. The first-order chi connectivity index (χ1) is 11.2. The van der Waals surface area contributed by atoms with Crippen LogP contribution in [0.25, 0.3) is 0 Å². The third kappa shape index (κ3) is 5.04. The van der Waals surface area contributed by atoms with Crippen LogP contribution in [-0.2, 0) is 24.3 Å². The summed E-state index contributed by atoms with van der Waals surface area (Å²) in [4.78, 5) is 23.7. The fourth-order valence-electron chi connectivity index (χ4n) is 1.98. The Labute approximate surface area is 141 Å². The van der Waals surface area contributed by atoms with Crippen LogP contribution in [0.15, 0.2) is 29.2 Å². The SMILES string of the molecule is CC(C)NS(=O)(=O)c1ccc(NC(=O)[C@H](C)OC(=O)C2CC2)cc1. The van der Waals surface area contributed by atoms with E-state index >= 15 is 0 Å². The smallest absolute Gasteiger partial charge is 0.309 e. The third-order valence-corrected chi connectivity index (χ3v) is 5.07. The summed E-state index contributed by atoms with van der Waals surface area (Å²) in [7, 11) is -3.57. The molecule has 2 N–H and O–H groups in total. The van der Waals surface area contributed by atoms with E-state index in [1.165, 1.54) is 31.2 Å². The summed E-state index contributed by atoms with van der Waals surface area (Å²) in [5.41, 5.74) is 0.429. The van der Waals surface area contributed by atoms with Gasteiger partial charge in [-0.1, -0.05) is 0 Å². The van der Waals surface area contributed by atoms with Crippen LogP contribution in [-0.4, -0.2) is 32.4 Å². The van der Waals surface area contributed by atoms with Crippen molar-refractivity contribution in [2.24, 2.45) is 5.92 Å². The van der Waals surface area contributed by atoms with E-state index in [2.05, 4.69) is 10.0 Å². The molecule has 0 aliphatic heterocycles. The van der Waals surface area contributed by atoms with Crippen LogP contribution < -0.4 is 10.0 Å². The molecule has 1 atom stereocenters. The topological polar surface area (TPSA) is 102 Å². The van der Waals surface area contributed by atoms with Crippen molar-refractivity contribution in [2.45, 2.75) is 50.7 Å².